The predicted molar refractivity (Wildman–Crippen MR) is 197 cm³/mol. The van der Waals surface area contributed by atoms with Crippen LogP contribution in [0.25, 0.3) is 5.57 Å². The van der Waals surface area contributed by atoms with Crippen molar-refractivity contribution in [3.05, 3.63) is 94.7 Å². The van der Waals surface area contributed by atoms with Crippen molar-refractivity contribution in [1.82, 2.24) is 30.4 Å². The Morgan fingerprint density at radius 2 is 1.96 bits per heavy atom. The van der Waals surface area contributed by atoms with Crippen LogP contribution >= 0.6 is 0 Å². The number of alkyl carbamates (subject to hydrolysis) is 1. The molecule has 4 aliphatic heterocycles. The van der Waals surface area contributed by atoms with Crippen molar-refractivity contribution in [2.24, 2.45) is 34.6 Å². The number of amides is 3. The number of hydrogen-bond acceptors (Lipinski definition) is 9. The second-order valence-corrected chi connectivity index (χ2v) is 15.8. The Morgan fingerprint density at radius 3 is 2.74 bits per heavy atom. The lowest BCUT2D eigenvalue weighted by Crippen LogP contribution is -2.56. The maximum absolute atomic E-state index is 13.9. The van der Waals surface area contributed by atoms with Gasteiger partial charge in [-0.2, -0.15) is 0 Å². The van der Waals surface area contributed by atoms with E-state index in [-0.39, 0.29) is 53.7 Å². The van der Waals surface area contributed by atoms with Crippen molar-refractivity contribution in [3.8, 4) is 0 Å². The number of piperidine rings is 1. The molecule has 8 aliphatic rings. The molecule has 1 aromatic heterocycles. The van der Waals surface area contributed by atoms with E-state index in [1.165, 1.54) is 12.0 Å². The summed E-state index contributed by atoms with van der Waals surface area (Å²) in [4.78, 5) is 54.7. The SMILES string of the molecule is COC[C@H]1C[C@@H](c2ncc(C3=CC4=COC5=CC6C(=CC=C7NC([C@@H]8C[C@@H]9C[C@@H]9N8C(=O)[C@@H](NC(=O)OC)C(C)C)=NC76)C=C5C4C=C3)[nH]2)N(C(=O)O)C1. The van der Waals surface area contributed by atoms with E-state index in [0.29, 0.717) is 31.3 Å². The van der Waals surface area contributed by atoms with Crippen molar-refractivity contribution in [3.63, 3.8) is 0 Å². The average molecular weight is 736 g/mol. The zero-order chi connectivity index (χ0) is 37.4. The normalized spacial score (nSPS) is 31.8. The van der Waals surface area contributed by atoms with E-state index in [0.717, 1.165) is 58.1 Å². The van der Waals surface area contributed by atoms with Gasteiger partial charge in [-0.15, -0.1) is 0 Å². The van der Waals surface area contributed by atoms with Crippen molar-refractivity contribution in [2.45, 2.75) is 63.3 Å². The van der Waals surface area contributed by atoms with Crippen molar-refractivity contribution < 1.29 is 33.7 Å². The van der Waals surface area contributed by atoms with Gasteiger partial charge in [-0.05, 0) is 66.0 Å². The number of nitrogens with zero attached hydrogens (tertiary/aromatic N) is 4. The van der Waals surface area contributed by atoms with Gasteiger partial charge in [0.1, 0.15) is 29.5 Å². The number of aromatic nitrogens is 2. The molecule has 54 heavy (non-hydrogen) atoms. The van der Waals surface area contributed by atoms with Crippen LogP contribution in [-0.2, 0) is 19.0 Å². The van der Waals surface area contributed by atoms with E-state index in [9.17, 15) is 19.5 Å². The Bertz CT molecular complexity index is 2050. The van der Waals surface area contributed by atoms with Crippen LogP contribution in [0.2, 0.25) is 0 Å². The number of imidazole rings is 1. The number of ether oxygens (including phenoxy) is 3. The van der Waals surface area contributed by atoms with E-state index in [4.69, 9.17) is 19.2 Å². The average Bonchev–Trinajstić information content (AvgIpc) is 3.64. The lowest BCUT2D eigenvalue weighted by Gasteiger charge is -2.34. The Kier molecular flexibility index (Phi) is 8.40. The van der Waals surface area contributed by atoms with Crippen LogP contribution in [0.3, 0.4) is 0 Å². The standard InChI is InChI=1S/C40H45N7O7/c1-19(2)34(45-39(49)53-4)38(48)47-30-12-23(30)13-32(47)37-42-28-8-6-21-11-27-25-7-5-22(10-24(25)18-54-33(27)14-26(21)35(28)44-37)29-15-41-36(43-29)31-9-20(17-52-3)16-46(31)40(50)51/h5-8,10-11,14-15,18-20,23,25-26,30-32,34-35H,9,12-13,16-17H2,1-4H3,(H,41,43)(H,42,44)(H,45,49)(H,50,51)/t20-,23-,25?,26?,30-,31-,32-,34-,35?/m0/s1. The molecular formula is C40H45N7O7. The second kappa shape index (κ2) is 13.2. The summed E-state index contributed by atoms with van der Waals surface area (Å²) in [7, 11) is 2.94. The molecule has 14 heteroatoms. The molecule has 3 fully saturated rings. The van der Waals surface area contributed by atoms with Crippen LogP contribution in [-0.4, -0.2) is 100 Å². The van der Waals surface area contributed by atoms with E-state index in [1.54, 1.807) is 13.3 Å². The fourth-order valence-corrected chi connectivity index (χ4v) is 9.33. The number of aromatic amines is 1. The van der Waals surface area contributed by atoms with Crippen molar-refractivity contribution in [2.75, 3.05) is 27.4 Å². The predicted octanol–water partition coefficient (Wildman–Crippen LogP) is 4.58. The number of H-pyrrole nitrogens is 1. The van der Waals surface area contributed by atoms with Crippen molar-refractivity contribution in [1.29, 1.82) is 0 Å². The van der Waals surface area contributed by atoms with Gasteiger partial charge in [-0.3, -0.25) is 14.7 Å². The van der Waals surface area contributed by atoms with Crippen LogP contribution in [0.1, 0.15) is 50.7 Å². The molecule has 282 valence electrons. The molecule has 2 saturated heterocycles. The van der Waals surface area contributed by atoms with Crippen LogP contribution in [0, 0.1) is 29.6 Å². The summed E-state index contributed by atoms with van der Waals surface area (Å²) < 4.78 is 16.4. The minimum Gasteiger partial charge on any atom is -0.465 e. The summed E-state index contributed by atoms with van der Waals surface area (Å²) in [6, 6.07) is -1.22. The number of likely N-dealkylation sites (tertiary alicyclic amines) is 2. The molecule has 4 aliphatic carbocycles. The second-order valence-electron chi connectivity index (χ2n) is 15.8. The number of nitrogens with one attached hydrogen (secondary N) is 3. The number of rotatable bonds is 8. The fourth-order valence-electron chi connectivity index (χ4n) is 9.33. The number of fused-ring (bicyclic) bond motifs is 7. The molecule has 5 heterocycles. The topological polar surface area (TPSA) is 171 Å². The highest BCUT2D eigenvalue weighted by atomic mass is 16.5. The largest absolute Gasteiger partial charge is 0.465 e. The molecule has 3 unspecified atom stereocenters. The first-order valence-electron chi connectivity index (χ1n) is 18.8. The Balaban J connectivity index is 0.921. The maximum atomic E-state index is 13.9. The van der Waals surface area contributed by atoms with Crippen LogP contribution in [0.4, 0.5) is 9.59 Å². The smallest absolute Gasteiger partial charge is 0.407 e. The van der Waals surface area contributed by atoms with Gasteiger partial charge in [-0.25, -0.2) is 14.6 Å². The number of carbonyl (C=O) groups is 3. The number of carbonyl (C=O) groups excluding carboxylic acids is 2. The summed E-state index contributed by atoms with van der Waals surface area (Å²) >= 11 is 0. The summed E-state index contributed by atoms with van der Waals surface area (Å²) in [5.41, 5.74) is 6.00. The minimum atomic E-state index is -0.960. The highest BCUT2D eigenvalue weighted by molar-refractivity contribution is 5.97. The number of amidine groups is 1. The van der Waals surface area contributed by atoms with E-state index < -0.39 is 18.2 Å². The molecule has 9 rings (SSSR count). The Morgan fingerprint density at radius 1 is 1.11 bits per heavy atom. The third-order valence-corrected chi connectivity index (χ3v) is 12.1. The monoisotopic (exact) mass is 735 g/mol. The number of hydrogen-bond donors (Lipinski definition) is 4. The van der Waals surface area contributed by atoms with Gasteiger partial charge in [-0.1, -0.05) is 38.2 Å². The molecule has 4 N–H and O–H groups in total. The molecule has 0 spiro atoms. The zero-order valence-corrected chi connectivity index (χ0v) is 30.7. The van der Waals surface area contributed by atoms with Gasteiger partial charge in [0.15, 0.2) is 0 Å². The molecular weight excluding hydrogens is 690 g/mol. The van der Waals surface area contributed by atoms with Gasteiger partial charge in [0.05, 0.1) is 44.0 Å². The molecule has 0 bridgehead atoms. The van der Waals surface area contributed by atoms with E-state index in [1.807, 2.05) is 25.0 Å². The lowest BCUT2D eigenvalue weighted by molar-refractivity contribution is -0.135. The molecule has 1 saturated carbocycles. The number of methoxy groups -OCH3 is 2. The molecule has 0 aromatic carbocycles. The summed E-state index contributed by atoms with van der Waals surface area (Å²) in [5, 5.41) is 16.2. The third-order valence-electron chi connectivity index (χ3n) is 12.1. The maximum Gasteiger partial charge on any atom is 0.407 e. The Labute approximate surface area is 313 Å². The van der Waals surface area contributed by atoms with Crippen LogP contribution < -0.4 is 10.6 Å². The minimum absolute atomic E-state index is 0.00792. The quantitative estimate of drug-likeness (QED) is 0.298. The van der Waals surface area contributed by atoms with Crippen LogP contribution in [0.5, 0.6) is 0 Å². The van der Waals surface area contributed by atoms with E-state index >= 15 is 0 Å². The van der Waals surface area contributed by atoms with E-state index in [2.05, 4.69) is 63.1 Å². The van der Waals surface area contributed by atoms with Gasteiger partial charge in [0, 0.05) is 48.7 Å². The van der Waals surface area contributed by atoms with Gasteiger partial charge in [0.25, 0.3) is 0 Å². The molecule has 3 amide bonds. The molecule has 1 aromatic rings. The van der Waals surface area contributed by atoms with Crippen LogP contribution in [0.15, 0.2) is 88.2 Å². The first kappa shape index (κ1) is 34.4. The Hall–Kier alpha value is -5.37. The van der Waals surface area contributed by atoms with Gasteiger partial charge >= 0.3 is 12.2 Å². The zero-order valence-electron chi connectivity index (χ0n) is 30.7. The first-order chi connectivity index (χ1) is 26.1. The summed E-state index contributed by atoms with van der Waals surface area (Å²) in [6.45, 7) is 4.77. The number of aliphatic imine (C=N–C) groups is 1. The van der Waals surface area contributed by atoms with Gasteiger partial charge < -0.3 is 39.8 Å². The first-order valence-corrected chi connectivity index (χ1v) is 18.8. The van der Waals surface area contributed by atoms with Gasteiger partial charge in [0.2, 0.25) is 5.91 Å². The van der Waals surface area contributed by atoms with Crippen molar-refractivity contribution >= 4 is 29.5 Å². The summed E-state index contributed by atoms with van der Waals surface area (Å²) in [5.74, 6) is 2.59. The number of allylic oxidation sites excluding steroid dienone is 9. The lowest BCUT2D eigenvalue weighted by atomic mass is 9.75. The fraction of sp³-hybridized carbons (Fsp3) is 0.475. The highest BCUT2D eigenvalue weighted by Gasteiger charge is 2.57. The third kappa shape index (κ3) is 5.78. The highest BCUT2D eigenvalue weighted by Crippen LogP contribution is 2.50. The molecule has 9 atom stereocenters. The summed E-state index contributed by atoms with van der Waals surface area (Å²) in [6.07, 6.45) is 19.5. The molecule has 0 radical (unpaired) electrons. The number of carboxylic acid groups (broad SMARTS) is 1. The molecule has 14 nitrogen and oxygen atoms in total.